The SMILES string of the molecule is CCOc1cccc2sc(N(CCCN(C)C)C(=O)c3cc(Cl)sc3Cl)nc12. The van der Waals surface area contributed by atoms with Crippen molar-refractivity contribution in [3.05, 3.63) is 38.5 Å². The van der Waals surface area contributed by atoms with Gasteiger partial charge >= 0.3 is 0 Å². The Morgan fingerprint density at radius 1 is 1.21 bits per heavy atom. The van der Waals surface area contributed by atoms with E-state index in [4.69, 9.17) is 32.9 Å². The molecule has 28 heavy (non-hydrogen) atoms. The van der Waals surface area contributed by atoms with Crippen molar-refractivity contribution in [3.63, 3.8) is 0 Å². The molecule has 0 radical (unpaired) electrons. The molecule has 5 nitrogen and oxygen atoms in total. The number of fused-ring (bicyclic) bond motifs is 1. The number of carbonyl (C=O) groups is 1. The molecule has 0 atom stereocenters. The molecule has 9 heteroatoms. The van der Waals surface area contributed by atoms with Crippen LogP contribution in [0, 0.1) is 0 Å². The summed E-state index contributed by atoms with van der Waals surface area (Å²) in [7, 11) is 4.02. The van der Waals surface area contributed by atoms with Gasteiger partial charge in [0, 0.05) is 6.54 Å². The lowest BCUT2D eigenvalue weighted by Gasteiger charge is -2.20. The van der Waals surface area contributed by atoms with Crippen LogP contribution in [0.25, 0.3) is 10.2 Å². The maximum absolute atomic E-state index is 13.3. The number of amides is 1. The molecule has 1 amide bonds. The van der Waals surface area contributed by atoms with Gasteiger partial charge in [0.1, 0.15) is 15.6 Å². The van der Waals surface area contributed by atoms with Crippen LogP contribution in [-0.4, -0.2) is 49.6 Å². The number of ether oxygens (including phenoxy) is 1. The van der Waals surface area contributed by atoms with Crippen molar-refractivity contribution in [1.29, 1.82) is 0 Å². The number of para-hydroxylation sites is 1. The number of thiazole rings is 1. The van der Waals surface area contributed by atoms with Crippen molar-refractivity contribution in [3.8, 4) is 5.75 Å². The summed E-state index contributed by atoms with van der Waals surface area (Å²) in [6, 6.07) is 7.43. The minimum Gasteiger partial charge on any atom is -0.492 e. The molecule has 0 saturated heterocycles. The number of nitrogens with zero attached hydrogens (tertiary/aromatic N) is 3. The normalized spacial score (nSPS) is 11.4. The molecule has 3 rings (SSSR count). The first kappa shape index (κ1) is 21.3. The molecule has 0 aliphatic carbocycles. The summed E-state index contributed by atoms with van der Waals surface area (Å²) in [4.78, 5) is 21.8. The average molecular weight is 458 g/mol. The highest BCUT2D eigenvalue weighted by atomic mass is 35.5. The molecule has 3 aromatic rings. The van der Waals surface area contributed by atoms with E-state index in [9.17, 15) is 4.79 Å². The highest BCUT2D eigenvalue weighted by Gasteiger charge is 2.25. The Bertz CT molecular complexity index is 971. The highest BCUT2D eigenvalue weighted by Crippen LogP contribution is 2.37. The van der Waals surface area contributed by atoms with Gasteiger partial charge in [0.15, 0.2) is 5.13 Å². The van der Waals surface area contributed by atoms with Gasteiger partial charge in [-0.3, -0.25) is 9.69 Å². The fourth-order valence-corrected chi connectivity index (χ4v) is 5.22. The number of hydrogen-bond acceptors (Lipinski definition) is 6. The van der Waals surface area contributed by atoms with Gasteiger partial charge in [0.05, 0.1) is 21.2 Å². The van der Waals surface area contributed by atoms with Crippen LogP contribution in [0.3, 0.4) is 0 Å². The molecule has 1 aromatic carbocycles. The van der Waals surface area contributed by atoms with Crippen LogP contribution in [-0.2, 0) is 0 Å². The van der Waals surface area contributed by atoms with Crippen LogP contribution in [0.15, 0.2) is 24.3 Å². The zero-order chi connectivity index (χ0) is 20.3. The van der Waals surface area contributed by atoms with Crippen molar-refractivity contribution < 1.29 is 9.53 Å². The number of carbonyl (C=O) groups excluding carboxylic acids is 1. The standard InChI is InChI=1S/C19H21Cl2N3O2S2/c1-4-26-13-7-5-8-14-16(13)22-19(27-14)24(10-6-9-23(2)3)18(25)12-11-15(20)28-17(12)21/h5,7-8,11H,4,6,9-10H2,1-3H3. The van der Waals surface area contributed by atoms with E-state index in [1.807, 2.05) is 39.2 Å². The van der Waals surface area contributed by atoms with Gasteiger partial charge in [-0.05, 0) is 52.2 Å². The second kappa shape index (κ2) is 9.41. The summed E-state index contributed by atoms with van der Waals surface area (Å²) < 4.78 is 7.55. The monoisotopic (exact) mass is 457 g/mol. The van der Waals surface area contributed by atoms with Gasteiger partial charge in [0.2, 0.25) is 0 Å². The van der Waals surface area contributed by atoms with E-state index in [2.05, 4.69) is 4.90 Å². The maximum atomic E-state index is 13.3. The van der Waals surface area contributed by atoms with E-state index in [-0.39, 0.29) is 5.91 Å². The summed E-state index contributed by atoms with van der Waals surface area (Å²) in [6.07, 6.45) is 0.808. The number of halogens is 2. The smallest absolute Gasteiger partial charge is 0.262 e. The zero-order valence-corrected chi connectivity index (χ0v) is 19.0. The highest BCUT2D eigenvalue weighted by molar-refractivity contribution is 7.22. The molecule has 0 aliphatic rings. The van der Waals surface area contributed by atoms with Gasteiger partial charge in [-0.25, -0.2) is 4.98 Å². The Kier molecular flexibility index (Phi) is 7.17. The Morgan fingerprint density at radius 2 is 2.00 bits per heavy atom. The van der Waals surface area contributed by atoms with Gasteiger partial charge in [-0.15, -0.1) is 11.3 Å². The lowest BCUT2D eigenvalue weighted by atomic mass is 10.2. The Hall–Kier alpha value is -1.38. The predicted molar refractivity (Wildman–Crippen MR) is 120 cm³/mol. The van der Waals surface area contributed by atoms with E-state index < -0.39 is 0 Å². The number of rotatable bonds is 8. The van der Waals surface area contributed by atoms with Gasteiger partial charge in [-0.1, -0.05) is 40.6 Å². The van der Waals surface area contributed by atoms with Crippen molar-refractivity contribution in [2.75, 3.05) is 38.7 Å². The van der Waals surface area contributed by atoms with E-state index in [1.54, 1.807) is 11.0 Å². The summed E-state index contributed by atoms with van der Waals surface area (Å²) in [5.74, 6) is 0.531. The third kappa shape index (κ3) is 4.78. The van der Waals surface area contributed by atoms with Crippen LogP contribution in [0.1, 0.15) is 23.7 Å². The Balaban J connectivity index is 1.98. The summed E-state index contributed by atoms with van der Waals surface area (Å²) in [5.41, 5.74) is 1.18. The minimum atomic E-state index is -0.191. The first-order chi connectivity index (χ1) is 13.4. The lowest BCUT2D eigenvalue weighted by Crippen LogP contribution is -2.33. The molecule has 0 saturated carbocycles. The van der Waals surface area contributed by atoms with Crippen LogP contribution in [0.5, 0.6) is 5.75 Å². The van der Waals surface area contributed by atoms with E-state index in [0.29, 0.717) is 32.5 Å². The third-order valence-corrected chi connectivity index (χ3v) is 6.55. The second-order valence-electron chi connectivity index (χ2n) is 6.38. The maximum Gasteiger partial charge on any atom is 0.262 e. The molecule has 2 aromatic heterocycles. The fourth-order valence-electron chi connectivity index (χ4n) is 2.76. The van der Waals surface area contributed by atoms with Crippen LogP contribution in [0.2, 0.25) is 8.67 Å². The first-order valence-corrected chi connectivity index (χ1v) is 11.2. The largest absolute Gasteiger partial charge is 0.492 e. The Labute approximate surface area is 182 Å². The lowest BCUT2D eigenvalue weighted by molar-refractivity contribution is 0.0986. The molecule has 0 N–H and O–H groups in total. The molecule has 2 heterocycles. The van der Waals surface area contributed by atoms with Crippen molar-refractivity contribution >= 4 is 67.1 Å². The molecule has 0 fully saturated rings. The summed E-state index contributed by atoms with van der Waals surface area (Å²) in [6.45, 7) is 3.88. The quantitative estimate of drug-likeness (QED) is 0.437. The van der Waals surface area contributed by atoms with Gasteiger partial charge in [-0.2, -0.15) is 0 Å². The number of thiophene rings is 1. The molecule has 0 bridgehead atoms. The van der Waals surface area contributed by atoms with Crippen LogP contribution in [0.4, 0.5) is 5.13 Å². The first-order valence-electron chi connectivity index (χ1n) is 8.84. The summed E-state index contributed by atoms with van der Waals surface area (Å²) >= 11 is 15.0. The van der Waals surface area contributed by atoms with Crippen LogP contribution >= 0.6 is 45.9 Å². The molecule has 150 valence electrons. The van der Waals surface area contributed by atoms with Gasteiger partial charge in [0.25, 0.3) is 5.91 Å². The summed E-state index contributed by atoms with van der Waals surface area (Å²) in [5, 5.41) is 0.629. The van der Waals surface area contributed by atoms with Gasteiger partial charge < -0.3 is 9.64 Å². The molecule has 0 unspecified atom stereocenters. The van der Waals surface area contributed by atoms with Crippen LogP contribution < -0.4 is 9.64 Å². The second-order valence-corrected chi connectivity index (χ2v) is 9.68. The third-order valence-electron chi connectivity index (χ3n) is 4.02. The van der Waals surface area contributed by atoms with Crippen molar-refractivity contribution in [2.24, 2.45) is 0 Å². The minimum absolute atomic E-state index is 0.191. The molecular formula is C19H21Cl2N3O2S2. The van der Waals surface area contributed by atoms with E-state index in [1.165, 1.54) is 22.7 Å². The van der Waals surface area contributed by atoms with Crippen molar-refractivity contribution in [1.82, 2.24) is 9.88 Å². The van der Waals surface area contributed by atoms with Crippen molar-refractivity contribution in [2.45, 2.75) is 13.3 Å². The van der Waals surface area contributed by atoms with E-state index in [0.717, 1.165) is 28.9 Å². The Morgan fingerprint density at radius 3 is 2.64 bits per heavy atom. The van der Waals surface area contributed by atoms with E-state index >= 15 is 0 Å². The number of aromatic nitrogens is 1. The zero-order valence-electron chi connectivity index (χ0n) is 15.9. The molecule has 0 spiro atoms. The number of anilines is 1. The average Bonchev–Trinajstić information content (AvgIpc) is 3.21. The number of hydrogen-bond donors (Lipinski definition) is 0. The fraction of sp³-hybridized carbons (Fsp3) is 0.368. The molecule has 0 aliphatic heterocycles. The topological polar surface area (TPSA) is 45.7 Å². The number of benzene rings is 1. The molecular weight excluding hydrogens is 437 g/mol. The predicted octanol–water partition coefficient (Wildman–Crippen LogP) is 5.66.